The molecule has 0 spiro atoms. The number of rotatable bonds is 10. The van der Waals surface area contributed by atoms with E-state index in [0.717, 1.165) is 29.2 Å². The number of nitrogens with one attached hydrogen (secondary N) is 1. The van der Waals surface area contributed by atoms with Crippen LogP contribution < -0.4 is 14.8 Å². The Kier molecular flexibility index (Phi) is 7.47. The zero-order chi connectivity index (χ0) is 22.7. The fourth-order valence-electron chi connectivity index (χ4n) is 3.00. The molecule has 0 radical (unpaired) electrons. The molecule has 0 saturated carbocycles. The zero-order valence-corrected chi connectivity index (χ0v) is 18.0. The molecule has 7 heteroatoms. The Morgan fingerprint density at radius 2 is 1.73 bits per heavy atom. The van der Waals surface area contributed by atoms with E-state index in [1.165, 1.54) is 6.08 Å². The Morgan fingerprint density at radius 3 is 2.45 bits per heavy atom. The molecular weight excluding hydrogens is 416 g/mol. The third-order valence-electron chi connectivity index (χ3n) is 4.73. The number of aromatic nitrogens is 3. The molecule has 0 bridgehead atoms. The molecule has 7 nitrogen and oxygen atoms in total. The molecule has 0 aliphatic heterocycles. The number of imidazole rings is 1. The van der Waals surface area contributed by atoms with Gasteiger partial charge < -0.3 is 19.4 Å². The molecular formula is C26H24N4O3. The first-order valence-electron chi connectivity index (χ1n) is 10.5. The lowest BCUT2D eigenvalue weighted by Crippen LogP contribution is -2.08. The lowest BCUT2D eigenvalue weighted by atomic mass is 10.2. The maximum Gasteiger partial charge on any atom is 0.248 e. The Hall–Kier alpha value is -4.39. The van der Waals surface area contributed by atoms with Crippen molar-refractivity contribution in [2.75, 3.05) is 11.9 Å². The molecule has 2 heterocycles. The van der Waals surface area contributed by atoms with Gasteiger partial charge in [0, 0.05) is 42.1 Å². The number of nitrogens with zero attached hydrogens (tertiary/aromatic N) is 3. The van der Waals surface area contributed by atoms with Crippen LogP contribution in [0.1, 0.15) is 11.1 Å². The molecule has 2 aromatic heterocycles. The number of anilines is 1. The van der Waals surface area contributed by atoms with Crippen LogP contribution in [0.3, 0.4) is 0 Å². The van der Waals surface area contributed by atoms with Crippen LogP contribution in [0.25, 0.3) is 6.08 Å². The minimum absolute atomic E-state index is 0.208. The van der Waals surface area contributed by atoms with E-state index >= 15 is 0 Å². The molecule has 2 aromatic carbocycles. The van der Waals surface area contributed by atoms with Gasteiger partial charge in [-0.05, 0) is 54.1 Å². The molecule has 166 valence electrons. The van der Waals surface area contributed by atoms with Crippen molar-refractivity contribution in [2.45, 2.75) is 13.2 Å². The summed E-state index contributed by atoms with van der Waals surface area (Å²) in [6.07, 6.45) is 12.1. The van der Waals surface area contributed by atoms with Crippen molar-refractivity contribution in [3.05, 3.63) is 109 Å². The van der Waals surface area contributed by atoms with Crippen LogP contribution in [-0.2, 0) is 17.9 Å². The molecule has 0 saturated heterocycles. The van der Waals surface area contributed by atoms with Gasteiger partial charge in [0.05, 0.1) is 12.9 Å². The number of pyridine rings is 1. The second kappa shape index (κ2) is 11.3. The van der Waals surface area contributed by atoms with Crippen LogP contribution in [0, 0.1) is 0 Å². The molecule has 33 heavy (non-hydrogen) atoms. The van der Waals surface area contributed by atoms with Crippen LogP contribution in [0.4, 0.5) is 5.69 Å². The first-order valence-corrected chi connectivity index (χ1v) is 10.5. The van der Waals surface area contributed by atoms with Crippen molar-refractivity contribution in [1.82, 2.24) is 14.5 Å². The number of benzene rings is 2. The summed E-state index contributed by atoms with van der Waals surface area (Å²) in [7, 11) is 0. The Bertz CT molecular complexity index is 1160. The normalized spacial score (nSPS) is 10.8. The molecule has 0 atom stereocenters. The van der Waals surface area contributed by atoms with Crippen molar-refractivity contribution in [1.29, 1.82) is 0 Å². The van der Waals surface area contributed by atoms with E-state index in [0.29, 0.717) is 18.9 Å². The van der Waals surface area contributed by atoms with E-state index in [4.69, 9.17) is 9.47 Å². The molecule has 1 amide bonds. The van der Waals surface area contributed by atoms with Gasteiger partial charge in [-0.25, -0.2) is 4.98 Å². The number of hydrogen-bond acceptors (Lipinski definition) is 5. The van der Waals surface area contributed by atoms with Crippen molar-refractivity contribution in [2.24, 2.45) is 0 Å². The van der Waals surface area contributed by atoms with Gasteiger partial charge in [0.25, 0.3) is 0 Å². The summed E-state index contributed by atoms with van der Waals surface area (Å²) in [5.74, 6) is 1.29. The minimum Gasteiger partial charge on any atom is -0.492 e. The monoisotopic (exact) mass is 440 g/mol. The lowest BCUT2D eigenvalue weighted by molar-refractivity contribution is -0.111. The van der Waals surface area contributed by atoms with E-state index in [1.807, 2.05) is 71.4 Å². The quantitative estimate of drug-likeness (QED) is 0.365. The standard InChI is InChI=1S/C26H24N4O3/c31-26(29-23-6-10-24(11-7-23)32-17-16-30-15-14-28-20-30)12-5-21-3-8-25(9-4-21)33-19-22-2-1-13-27-18-22/h1-15,18,20H,16-17,19H2,(H,29,31)/b12-5+. The first-order chi connectivity index (χ1) is 16.2. The Labute approximate surface area is 192 Å². The number of carbonyl (C=O) groups excluding carboxylic acids is 1. The van der Waals surface area contributed by atoms with Crippen molar-refractivity contribution >= 4 is 17.7 Å². The van der Waals surface area contributed by atoms with Gasteiger partial charge >= 0.3 is 0 Å². The van der Waals surface area contributed by atoms with Gasteiger partial charge in [0.1, 0.15) is 24.7 Å². The average molecular weight is 441 g/mol. The van der Waals surface area contributed by atoms with Crippen molar-refractivity contribution < 1.29 is 14.3 Å². The highest BCUT2D eigenvalue weighted by Gasteiger charge is 2.01. The van der Waals surface area contributed by atoms with E-state index < -0.39 is 0 Å². The van der Waals surface area contributed by atoms with Crippen LogP contribution in [0.15, 0.2) is 97.9 Å². The van der Waals surface area contributed by atoms with Crippen molar-refractivity contribution in [3.8, 4) is 11.5 Å². The highest BCUT2D eigenvalue weighted by atomic mass is 16.5. The lowest BCUT2D eigenvalue weighted by Gasteiger charge is -2.08. The fourth-order valence-corrected chi connectivity index (χ4v) is 3.00. The molecule has 4 rings (SSSR count). The molecule has 0 fully saturated rings. The summed E-state index contributed by atoms with van der Waals surface area (Å²) in [5.41, 5.74) is 2.61. The SMILES string of the molecule is O=C(/C=C/c1ccc(OCc2cccnc2)cc1)Nc1ccc(OCCn2ccnc2)cc1. The zero-order valence-electron chi connectivity index (χ0n) is 18.0. The number of amides is 1. The summed E-state index contributed by atoms with van der Waals surface area (Å²) in [6, 6.07) is 18.7. The third-order valence-corrected chi connectivity index (χ3v) is 4.73. The van der Waals surface area contributed by atoms with Gasteiger partial charge in [-0.3, -0.25) is 9.78 Å². The second-order valence-electron chi connectivity index (χ2n) is 7.21. The van der Waals surface area contributed by atoms with Gasteiger partial charge in [0.15, 0.2) is 0 Å². The second-order valence-corrected chi connectivity index (χ2v) is 7.21. The van der Waals surface area contributed by atoms with Crippen LogP contribution in [0.2, 0.25) is 0 Å². The highest BCUT2D eigenvalue weighted by molar-refractivity contribution is 6.01. The molecule has 0 aliphatic rings. The van der Waals surface area contributed by atoms with Crippen LogP contribution in [-0.4, -0.2) is 27.0 Å². The van der Waals surface area contributed by atoms with Gasteiger partial charge in [-0.1, -0.05) is 18.2 Å². The maximum absolute atomic E-state index is 12.2. The van der Waals surface area contributed by atoms with E-state index in [-0.39, 0.29) is 5.91 Å². The predicted octanol–water partition coefficient (Wildman–Crippen LogP) is 4.59. The summed E-state index contributed by atoms with van der Waals surface area (Å²) >= 11 is 0. The Balaban J connectivity index is 1.21. The number of carbonyl (C=O) groups is 1. The van der Waals surface area contributed by atoms with Gasteiger partial charge in [-0.15, -0.1) is 0 Å². The number of ether oxygens (including phenoxy) is 2. The molecule has 4 aromatic rings. The van der Waals surface area contributed by atoms with Crippen molar-refractivity contribution in [3.63, 3.8) is 0 Å². The smallest absolute Gasteiger partial charge is 0.248 e. The first kappa shape index (κ1) is 21.8. The third kappa shape index (κ3) is 7.07. The molecule has 0 unspecified atom stereocenters. The summed E-state index contributed by atoms with van der Waals surface area (Å²) in [4.78, 5) is 20.3. The predicted molar refractivity (Wildman–Crippen MR) is 127 cm³/mol. The van der Waals surface area contributed by atoms with E-state index in [2.05, 4.69) is 15.3 Å². The highest BCUT2D eigenvalue weighted by Crippen LogP contribution is 2.17. The topological polar surface area (TPSA) is 78.3 Å². The van der Waals surface area contributed by atoms with Gasteiger partial charge in [-0.2, -0.15) is 0 Å². The summed E-state index contributed by atoms with van der Waals surface area (Å²) in [5, 5.41) is 2.84. The van der Waals surface area contributed by atoms with E-state index in [9.17, 15) is 4.79 Å². The maximum atomic E-state index is 12.2. The number of hydrogen-bond donors (Lipinski definition) is 1. The van der Waals surface area contributed by atoms with Gasteiger partial charge in [0.2, 0.25) is 5.91 Å². The fraction of sp³-hybridized carbons (Fsp3) is 0.115. The van der Waals surface area contributed by atoms with E-state index in [1.54, 1.807) is 31.0 Å². The Morgan fingerprint density at radius 1 is 0.939 bits per heavy atom. The average Bonchev–Trinajstić information content (AvgIpc) is 3.37. The molecule has 0 aliphatic carbocycles. The minimum atomic E-state index is -0.208. The summed E-state index contributed by atoms with van der Waals surface area (Å²) in [6.45, 7) is 1.72. The summed E-state index contributed by atoms with van der Waals surface area (Å²) < 4.78 is 13.4. The van der Waals surface area contributed by atoms with Crippen LogP contribution in [0.5, 0.6) is 11.5 Å². The van der Waals surface area contributed by atoms with Crippen LogP contribution >= 0.6 is 0 Å². The largest absolute Gasteiger partial charge is 0.492 e. The molecule has 1 N–H and O–H groups in total.